The van der Waals surface area contributed by atoms with Gasteiger partial charge in [0.1, 0.15) is 0 Å². The van der Waals surface area contributed by atoms with Gasteiger partial charge in [-0.15, -0.1) is 0 Å². The first-order valence-corrected chi connectivity index (χ1v) is 8.65. The zero-order valence-corrected chi connectivity index (χ0v) is 9.88. The van der Waals surface area contributed by atoms with Gasteiger partial charge < -0.3 is 0 Å². The Morgan fingerprint density at radius 3 is 1.64 bits per heavy atom. The second kappa shape index (κ2) is 3.90. The van der Waals surface area contributed by atoms with E-state index in [0.29, 0.717) is 0 Å². The summed E-state index contributed by atoms with van der Waals surface area (Å²) in [5.41, 5.74) is 0. The molecule has 0 aromatic heterocycles. The zero-order chi connectivity index (χ0) is 8.98. The van der Waals surface area contributed by atoms with Crippen LogP contribution in [0.15, 0.2) is 0 Å². The monoisotopic (exact) mass is 176 g/mol. The van der Waals surface area contributed by atoms with Gasteiger partial charge in [-0.3, -0.25) is 0 Å². The van der Waals surface area contributed by atoms with Gasteiger partial charge in [0.05, 0.1) is 0 Å². The van der Waals surface area contributed by atoms with Crippen molar-refractivity contribution in [3.63, 3.8) is 0 Å². The molecule has 0 rings (SSSR count). The quantitative estimate of drug-likeness (QED) is 0.561. The van der Waals surface area contributed by atoms with Gasteiger partial charge in [-0.2, -0.15) is 0 Å². The average Bonchev–Trinajstić information content (AvgIpc) is 2.02. The summed E-state index contributed by atoms with van der Waals surface area (Å²) in [7, 11) is 0. The summed E-state index contributed by atoms with van der Waals surface area (Å²) in [6, 6.07) is 0. The van der Waals surface area contributed by atoms with E-state index >= 15 is 0 Å². The number of hydrogen-bond donors (Lipinski definition) is 0. The SMILES string of the molecule is CCCCP(C)(C)(CC)CC. The summed E-state index contributed by atoms with van der Waals surface area (Å²) in [6.07, 6.45) is 7.17. The molecule has 0 saturated carbocycles. The van der Waals surface area contributed by atoms with Gasteiger partial charge >= 0.3 is 72.0 Å². The maximum atomic E-state index is 2.56. The van der Waals surface area contributed by atoms with E-state index in [1.165, 1.54) is 31.3 Å². The Morgan fingerprint density at radius 2 is 1.36 bits per heavy atom. The summed E-state index contributed by atoms with van der Waals surface area (Å²) in [5, 5.41) is 0. The molecule has 0 aromatic rings. The first-order valence-electron chi connectivity index (χ1n) is 4.96. The Kier molecular flexibility index (Phi) is 4.05. The topological polar surface area (TPSA) is 0 Å². The van der Waals surface area contributed by atoms with Crippen molar-refractivity contribution in [2.75, 3.05) is 31.8 Å². The normalized spacial score (nSPS) is 15.9. The molecular formula is C10H25P. The molecule has 0 amide bonds. The summed E-state index contributed by atoms with van der Waals surface area (Å²) in [5.74, 6) is 0. The van der Waals surface area contributed by atoms with E-state index in [1.807, 2.05) is 0 Å². The van der Waals surface area contributed by atoms with Crippen molar-refractivity contribution in [1.82, 2.24) is 0 Å². The molecule has 0 radical (unpaired) electrons. The van der Waals surface area contributed by atoms with E-state index in [9.17, 15) is 0 Å². The van der Waals surface area contributed by atoms with Crippen molar-refractivity contribution in [3.05, 3.63) is 0 Å². The van der Waals surface area contributed by atoms with Gasteiger partial charge in [-0.1, -0.05) is 0 Å². The van der Waals surface area contributed by atoms with Crippen LogP contribution in [0.25, 0.3) is 0 Å². The molecule has 70 valence electrons. The molecular weight excluding hydrogens is 151 g/mol. The molecule has 11 heavy (non-hydrogen) atoms. The summed E-state index contributed by atoms with van der Waals surface area (Å²) in [6.45, 7) is 11.0. The Balaban J connectivity index is 4.09. The Labute approximate surface area is 72.7 Å². The molecule has 0 aliphatic rings. The molecule has 0 fully saturated rings. The number of rotatable bonds is 5. The van der Waals surface area contributed by atoms with Crippen LogP contribution in [0, 0.1) is 0 Å². The standard InChI is InChI=1S/C10H25P/c1-6-9-10-11(4,5,7-2)8-3/h6-10H2,1-5H3. The first-order chi connectivity index (χ1) is 4.96. The number of unbranched alkanes of at least 4 members (excludes halogenated alkanes) is 1. The van der Waals surface area contributed by atoms with Crippen LogP contribution in [0.4, 0.5) is 0 Å². The fourth-order valence-corrected chi connectivity index (χ4v) is 3.71. The van der Waals surface area contributed by atoms with Gasteiger partial charge in [-0.25, -0.2) is 0 Å². The maximum absolute atomic E-state index is 2.56. The van der Waals surface area contributed by atoms with E-state index in [0.717, 1.165) is 0 Å². The van der Waals surface area contributed by atoms with Crippen LogP contribution >= 0.6 is 6.60 Å². The number of hydrogen-bond acceptors (Lipinski definition) is 0. The van der Waals surface area contributed by atoms with Crippen LogP contribution in [-0.2, 0) is 0 Å². The van der Waals surface area contributed by atoms with Crippen molar-refractivity contribution >= 4 is 6.60 Å². The predicted octanol–water partition coefficient (Wildman–Crippen LogP) is 3.64. The minimum atomic E-state index is -1.18. The Morgan fingerprint density at radius 1 is 0.909 bits per heavy atom. The van der Waals surface area contributed by atoms with E-state index in [-0.39, 0.29) is 0 Å². The first kappa shape index (κ1) is 11.4. The van der Waals surface area contributed by atoms with Crippen LogP contribution in [0.2, 0.25) is 0 Å². The Bertz CT molecular complexity index is 108. The molecule has 0 aliphatic carbocycles. The van der Waals surface area contributed by atoms with E-state index in [4.69, 9.17) is 0 Å². The third kappa shape index (κ3) is 3.56. The van der Waals surface area contributed by atoms with Gasteiger partial charge in [0.15, 0.2) is 0 Å². The van der Waals surface area contributed by atoms with Gasteiger partial charge in [0, 0.05) is 0 Å². The third-order valence-electron chi connectivity index (χ3n) is 3.43. The molecule has 1 heteroatoms. The average molecular weight is 176 g/mol. The van der Waals surface area contributed by atoms with E-state index in [1.54, 1.807) is 0 Å². The molecule has 0 unspecified atom stereocenters. The molecule has 0 spiro atoms. The van der Waals surface area contributed by atoms with Gasteiger partial charge in [-0.05, 0) is 0 Å². The molecule has 0 atom stereocenters. The minimum absolute atomic E-state index is 1.18. The molecule has 0 nitrogen and oxygen atoms in total. The summed E-state index contributed by atoms with van der Waals surface area (Å²) >= 11 is 0. The van der Waals surface area contributed by atoms with E-state index < -0.39 is 6.60 Å². The second-order valence-electron chi connectivity index (χ2n) is 4.73. The van der Waals surface area contributed by atoms with Gasteiger partial charge in [0.25, 0.3) is 0 Å². The van der Waals surface area contributed by atoms with Crippen LogP contribution in [0.3, 0.4) is 0 Å². The second-order valence-corrected chi connectivity index (χ2v) is 12.5. The van der Waals surface area contributed by atoms with Crippen LogP contribution in [0.1, 0.15) is 33.6 Å². The fourth-order valence-electron chi connectivity index (χ4n) is 1.24. The summed E-state index contributed by atoms with van der Waals surface area (Å²) in [4.78, 5) is 0. The molecule has 0 N–H and O–H groups in total. The van der Waals surface area contributed by atoms with Crippen molar-refractivity contribution in [1.29, 1.82) is 0 Å². The van der Waals surface area contributed by atoms with Crippen LogP contribution in [-0.4, -0.2) is 31.8 Å². The van der Waals surface area contributed by atoms with Crippen LogP contribution in [0.5, 0.6) is 0 Å². The summed E-state index contributed by atoms with van der Waals surface area (Å²) < 4.78 is 0. The van der Waals surface area contributed by atoms with Crippen molar-refractivity contribution < 1.29 is 0 Å². The Hall–Kier alpha value is 0.430. The zero-order valence-electron chi connectivity index (χ0n) is 8.98. The predicted molar refractivity (Wildman–Crippen MR) is 59.6 cm³/mol. The van der Waals surface area contributed by atoms with Crippen molar-refractivity contribution in [2.24, 2.45) is 0 Å². The van der Waals surface area contributed by atoms with Crippen LogP contribution < -0.4 is 0 Å². The van der Waals surface area contributed by atoms with Crippen molar-refractivity contribution in [3.8, 4) is 0 Å². The molecule has 0 bridgehead atoms. The molecule has 0 aliphatic heterocycles. The van der Waals surface area contributed by atoms with E-state index in [2.05, 4.69) is 34.1 Å². The third-order valence-corrected chi connectivity index (χ3v) is 9.60. The van der Waals surface area contributed by atoms with Gasteiger partial charge in [0.2, 0.25) is 0 Å². The molecule has 0 aromatic carbocycles. The fraction of sp³-hybridized carbons (Fsp3) is 1.00. The molecule has 0 saturated heterocycles. The van der Waals surface area contributed by atoms with Crippen molar-refractivity contribution in [2.45, 2.75) is 33.6 Å². The molecule has 0 heterocycles.